The number of nitrogens with one attached hydrogen (secondary N) is 2. The Morgan fingerprint density at radius 2 is 1.96 bits per heavy atom. The van der Waals surface area contributed by atoms with E-state index in [-0.39, 0.29) is 11.9 Å². The van der Waals surface area contributed by atoms with Gasteiger partial charge in [-0.2, -0.15) is 0 Å². The number of rotatable bonds is 7. The molecule has 2 aromatic carbocycles. The summed E-state index contributed by atoms with van der Waals surface area (Å²) >= 11 is 0. The van der Waals surface area contributed by atoms with Crippen molar-refractivity contribution in [3.8, 4) is 5.75 Å². The molecule has 0 fully saturated rings. The van der Waals surface area contributed by atoms with Gasteiger partial charge >= 0.3 is 0 Å². The number of amides is 1. The molecule has 0 heterocycles. The molecule has 4 N–H and O–H groups in total. The van der Waals surface area contributed by atoms with Crippen LogP contribution < -0.4 is 21.1 Å². The number of methoxy groups -OCH3 is 1. The van der Waals surface area contributed by atoms with E-state index in [4.69, 9.17) is 10.5 Å². The Balaban J connectivity index is 1.97. The van der Waals surface area contributed by atoms with Gasteiger partial charge in [0.2, 0.25) is 0 Å². The number of guanidine groups is 1. The molecule has 2 rings (SSSR count). The molecule has 0 aromatic heterocycles. The van der Waals surface area contributed by atoms with Gasteiger partial charge in [-0.05, 0) is 55.3 Å². The number of aliphatic imine (C=N–C) groups is 1. The number of carbonyl (C=O) groups is 1. The number of hydrogen-bond acceptors (Lipinski definition) is 3. The second kappa shape index (κ2) is 9.46. The third-order valence-corrected chi connectivity index (χ3v) is 3.97. The van der Waals surface area contributed by atoms with E-state index in [2.05, 4.69) is 15.6 Å². The van der Waals surface area contributed by atoms with Crippen LogP contribution in [0.15, 0.2) is 53.5 Å². The zero-order chi connectivity index (χ0) is 18.9. The fourth-order valence-corrected chi connectivity index (χ4v) is 2.26. The van der Waals surface area contributed by atoms with Gasteiger partial charge < -0.3 is 21.1 Å². The van der Waals surface area contributed by atoms with Crippen LogP contribution in [0.3, 0.4) is 0 Å². The topological polar surface area (TPSA) is 88.7 Å². The van der Waals surface area contributed by atoms with E-state index in [0.29, 0.717) is 18.1 Å². The maximum Gasteiger partial charge on any atom is 0.251 e. The lowest BCUT2D eigenvalue weighted by molar-refractivity contribution is 0.0939. The first-order valence-electron chi connectivity index (χ1n) is 8.62. The fraction of sp³-hybridized carbons (Fsp3) is 0.300. The highest BCUT2D eigenvalue weighted by atomic mass is 16.5. The average molecular weight is 354 g/mol. The third-order valence-electron chi connectivity index (χ3n) is 3.97. The minimum absolute atomic E-state index is 0.0745. The second-order valence-electron chi connectivity index (χ2n) is 6.04. The van der Waals surface area contributed by atoms with Crippen LogP contribution >= 0.6 is 0 Å². The molecule has 6 heteroatoms. The lowest BCUT2D eigenvalue weighted by Gasteiger charge is -2.11. The van der Waals surface area contributed by atoms with Crippen molar-refractivity contribution >= 4 is 17.6 Å². The van der Waals surface area contributed by atoms with E-state index >= 15 is 0 Å². The van der Waals surface area contributed by atoms with E-state index in [9.17, 15) is 4.79 Å². The Bertz CT molecular complexity index is 757. The van der Waals surface area contributed by atoms with Crippen molar-refractivity contribution in [3.05, 3.63) is 59.7 Å². The van der Waals surface area contributed by atoms with Gasteiger partial charge in [0.05, 0.1) is 13.7 Å². The van der Waals surface area contributed by atoms with Crippen LogP contribution in [0.4, 0.5) is 5.69 Å². The van der Waals surface area contributed by atoms with Crippen molar-refractivity contribution in [3.63, 3.8) is 0 Å². The van der Waals surface area contributed by atoms with Gasteiger partial charge in [0.25, 0.3) is 5.91 Å². The highest BCUT2D eigenvalue weighted by Crippen LogP contribution is 2.14. The highest BCUT2D eigenvalue weighted by Gasteiger charge is 2.08. The molecule has 0 spiro atoms. The van der Waals surface area contributed by atoms with E-state index in [0.717, 1.165) is 23.4 Å². The summed E-state index contributed by atoms with van der Waals surface area (Å²) in [7, 11) is 1.62. The van der Waals surface area contributed by atoms with Crippen LogP contribution in [0.25, 0.3) is 0 Å². The normalized spacial score (nSPS) is 12.3. The molecule has 0 radical (unpaired) electrons. The van der Waals surface area contributed by atoms with Gasteiger partial charge in [0.15, 0.2) is 5.96 Å². The van der Waals surface area contributed by atoms with Crippen molar-refractivity contribution < 1.29 is 9.53 Å². The average Bonchev–Trinajstić information content (AvgIpc) is 2.67. The van der Waals surface area contributed by atoms with E-state index < -0.39 is 0 Å². The first-order chi connectivity index (χ1) is 12.5. The Hall–Kier alpha value is -3.02. The van der Waals surface area contributed by atoms with Gasteiger partial charge in [-0.25, -0.2) is 4.99 Å². The van der Waals surface area contributed by atoms with Crippen LogP contribution in [0.1, 0.15) is 36.2 Å². The molecular formula is C20H26N4O2. The Labute approximate surface area is 154 Å². The summed E-state index contributed by atoms with van der Waals surface area (Å²) in [6.45, 7) is 4.41. The minimum Gasteiger partial charge on any atom is -0.497 e. The molecule has 0 bridgehead atoms. The van der Waals surface area contributed by atoms with E-state index in [1.165, 1.54) is 0 Å². The van der Waals surface area contributed by atoms with Crippen LogP contribution in [-0.2, 0) is 6.54 Å². The molecule has 6 nitrogen and oxygen atoms in total. The number of ether oxygens (including phenoxy) is 1. The number of carbonyl (C=O) groups excluding carboxylic acids is 1. The number of benzene rings is 2. The highest BCUT2D eigenvalue weighted by molar-refractivity contribution is 5.94. The van der Waals surface area contributed by atoms with Gasteiger partial charge in [0, 0.05) is 17.3 Å². The zero-order valence-corrected chi connectivity index (χ0v) is 15.5. The van der Waals surface area contributed by atoms with Crippen molar-refractivity contribution in [1.29, 1.82) is 0 Å². The molecule has 26 heavy (non-hydrogen) atoms. The molecule has 138 valence electrons. The summed E-state index contributed by atoms with van der Waals surface area (Å²) in [5.41, 5.74) is 8.30. The quantitative estimate of drug-likeness (QED) is 0.526. The van der Waals surface area contributed by atoms with Crippen LogP contribution in [0, 0.1) is 0 Å². The zero-order valence-electron chi connectivity index (χ0n) is 15.5. The molecule has 0 aliphatic rings. The molecule has 1 unspecified atom stereocenters. The molecule has 0 saturated heterocycles. The lowest BCUT2D eigenvalue weighted by Crippen LogP contribution is -2.31. The first kappa shape index (κ1) is 19.3. The van der Waals surface area contributed by atoms with Crippen LogP contribution in [-0.4, -0.2) is 25.0 Å². The number of nitrogens with two attached hydrogens (primary N) is 1. The van der Waals surface area contributed by atoms with Crippen molar-refractivity contribution in [1.82, 2.24) is 5.32 Å². The molecule has 0 aliphatic carbocycles. The lowest BCUT2D eigenvalue weighted by atomic mass is 10.1. The molecule has 2 aromatic rings. The van der Waals surface area contributed by atoms with E-state index in [1.807, 2.05) is 56.3 Å². The predicted octanol–water partition coefficient (Wildman–Crippen LogP) is 3.15. The Kier molecular flexibility index (Phi) is 7.02. The second-order valence-corrected chi connectivity index (χ2v) is 6.04. The van der Waals surface area contributed by atoms with Gasteiger partial charge in [-0.3, -0.25) is 4.79 Å². The van der Waals surface area contributed by atoms with Crippen molar-refractivity contribution in [2.45, 2.75) is 32.9 Å². The summed E-state index contributed by atoms with van der Waals surface area (Å²) in [5, 5.41) is 5.99. The summed E-state index contributed by atoms with van der Waals surface area (Å²) in [6.07, 6.45) is 0.892. The Morgan fingerprint density at radius 3 is 2.62 bits per heavy atom. The van der Waals surface area contributed by atoms with Crippen molar-refractivity contribution in [2.24, 2.45) is 10.7 Å². The SMILES string of the molecule is CCC(C)NC(=O)c1cccc(CN=C(N)Nc2ccc(OC)cc2)c1. The largest absolute Gasteiger partial charge is 0.497 e. The van der Waals surface area contributed by atoms with Crippen LogP contribution in [0.5, 0.6) is 5.75 Å². The number of anilines is 1. The molecule has 1 atom stereocenters. The van der Waals surface area contributed by atoms with Gasteiger partial charge in [0.1, 0.15) is 5.75 Å². The summed E-state index contributed by atoms with van der Waals surface area (Å²) in [5.74, 6) is 1.01. The predicted molar refractivity (Wildman–Crippen MR) is 106 cm³/mol. The van der Waals surface area contributed by atoms with Gasteiger partial charge in [-0.1, -0.05) is 19.1 Å². The van der Waals surface area contributed by atoms with Gasteiger partial charge in [-0.15, -0.1) is 0 Å². The number of nitrogens with zero attached hydrogens (tertiary/aromatic N) is 1. The van der Waals surface area contributed by atoms with E-state index in [1.54, 1.807) is 13.2 Å². The minimum atomic E-state index is -0.0745. The van der Waals surface area contributed by atoms with Crippen LogP contribution in [0.2, 0.25) is 0 Å². The maximum absolute atomic E-state index is 12.2. The maximum atomic E-state index is 12.2. The molecule has 0 saturated carbocycles. The Morgan fingerprint density at radius 1 is 1.23 bits per heavy atom. The third kappa shape index (κ3) is 5.81. The fourth-order valence-electron chi connectivity index (χ4n) is 2.26. The summed E-state index contributed by atoms with van der Waals surface area (Å²) < 4.78 is 5.12. The molecule has 0 aliphatic heterocycles. The first-order valence-corrected chi connectivity index (χ1v) is 8.62. The summed E-state index contributed by atoms with van der Waals surface area (Å²) in [4.78, 5) is 16.5. The number of hydrogen-bond donors (Lipinski definition) is 3. The monoisotopic (exact) mass is 354 g/mol. The summed E-state index contributed by atoms with van der Waals surface area (Å²) in [6, 6.07) is 15.0. The van der Waals surface area contributed by atoms with Crippen molar-refractivity contribution in [2.75, 3.05) is 12.4 Å². The molecular weight excluding hydrogens is 328 g/mol. The molecule has 1 amide bonds. The smallest absolute Gasteiger partial charge is 0.251 e. The standard InChI is InChI=1S/C20H26N4O2/c1-4-14(2)23-19(25)16-7-5-6-15(12-16)13-22-20(21)24-17-8-10-18(26-3)11-9-17/h5-12,14H,4,13H2,1-3H3,(H,23,25)(H3,21,22,24).